The number of H-pyrrole nitrogens is 1. The number of fused-ring (bicyclic) bond motifs is 1. The molecule has 140 valence electrons. The average Bonchev–Trinajstić information content (AvgIpc) is 3.03. The monoisotopic (exact) mass is 363 g/mol. The van der Waals surface area contributed by atoms with Crippen LogP contribution in [0.2, 0.25) is 0 Å². The molecule has 0 spiro atoms. The Morgan fingerprint density at radius 2 is 1.93 bits per heavy atom. The predicted molar refractivity (Wildman–Crippen MR) is 107 cm³/mol. The number of pyridine rings is 1. The standard InChI is InChI=1S/C20H25N7/c1-13-10-15-19(21-12-13)25-26-20(15)23-16-11-17(27-8-5-9-27)24-18(22-16)14-6-3-2-4-7-14/h10-12,14H,2-9H2,1H3,(H2,21,22,23,24,25,26). The summed E-state index contributed by atoms with van der Waals surface area (Å²) >= 11 is 0. The van der Waals surface area contributed by atoms with Gasteiger partial charge in [-0.1, -0.05) is 19.3 Å². The van der Waals surface area contributed by atoms with E-state index >= 15 is 0 Å². The zero-order chi connectivity index (χ0) is 18.2. The molecule has 0 aromatic carbocycles. The molecule has 2 aliphatic rings. The number of anilines is 3. The Morgan fingerprint density at radius 3 is 2.70 bits per heavy atom. The van der Waals surface area contributed by atoms with E-state index < -0.39 is 0 Å². The topological polar surface area (TPSA) is 82.6 Å². The van der Waals surface area contributed by atoms with Gasteiger partial charge in [0, 0.05) is 31.3 Å². The Labute approximate surface area is 158 Å². The fourth-order valence-corrected chi connectivity index (χ4v) is 3.99. The van der Waals surface area contributed by atoms with Crippen molar-refractivity contribution >= 4 is 28.5 Å². The molecule has 2 N–H and O–H groups in total. The number of hydrogen-bond acceptors (Lipinski definition) is 6. The fraction of sp³-hybridized carbons (Fsp3) is 0.500. The maximum absolute atomic E-state index is 4.92. The van der Waals surface area contributed by atoms with Gasteiger partial charge in [0.05, 0.1) is 5.39 Å². The summed E-state index contributed by atoms with van der Waals surface area (Å²) < 4.78 is 0. The lowest BCUT2D eigenvalue weighted by atomic mass is 9.88. The summed E-state index contributed by atoms with van der Waals surface area (Å²) in [6.45, 7) is 4.20. The summed E-state index contributed by atoms with van der Waals surface area (Å²) in [5.41, 5.74) is 1.83. The van der Waals surface area contributed by atoms with Gasteiger partial charge in [0.25, 0.3) is 0 Å². The van der Waals surface area contributed by atoms with Gasteiger partial charge in [-0.2, -0.15) is 5.10 Å². The van der Waals surface area contributed by atoms with E-state index in [1.165, 1.54) is 38.5 Å². The second-order valence-corrected chi connectivity index (χ2v) is 7.75. The number of aromatic amines is 1. The van der Waals surface area contributed by atoms with Gasteiger partial charge in [-0.05, 0) is 37.8 Å². The molecule has 0 atom stereocenters. The Hall–Kier alpha value is -2.70. The lowest BCUT2D eigenvalue weighted by Gasteiger charge is -2.33. The molecule has 5 rings (SSSR count). The molecule has 1 aliphatic carbocycles. The van der Waals surface area contributed by atoms with Crippen LogP contribution in [0.5, 0.6) is 0 Å². The molecule has 1 saturated heterocycles. The van der Waals surface area contributed by atoms with E-state index in [4.69, 9.17) is 9.97 Å². The maximum atomic E-state index is 4.92. The molecule has 0 radical (unpaired) electrons. The lowest BCUT2D eigenvalue weighted by molar-refractivity contribution is 0.428. The molecule has 7 nitrogen and oxygen atoms in total. The van der Waals surface area contributed by atoms with E-state index in [1.54, 1.807) is 0 Å². The van der Waals surface area contributed by atoms with Gasteiger partial charge in [-0.3, -0.25) is 5.10 Å². The third-order valence-electron chi connectivity index (χ3n) is 5.68. The first-order valence-corrected chi connectivity index (χ1v) is 9.98. The Bertz CT molecular complexity index is 954. The number of nitrogens with zero attached hydrogens (tertiary/aromatic N) is 5. The number of hydrogen-bond donors (Lipinski definition) is 2. The molecule has 4 heterocycles. The molecule has 3 aromatic rings. The van der Waals surface area contributed by atoms with Crippen molar-refractivity contribution in [3.63, 3.8) is 0 Å². The number of nitrogens with one attached hydrogen (secondary N) is 2. The lowest BCUT2D eigenvalue weighted by Crippen LogP contribution is -2.38. The SMILES string of the molecule is Cc1cnc2n[nH]c(Nc3cc(N4CCC4)nc(C4CCCCC4)n3)c2c1. The van der Waals surface area contributed by atoms with E-state index in [9.17, 15) is 0 Å². The van der Waals surface area contributed by atoms with Crippen LogP contribution in [-0.4, -0.2) is 38.2 Å². The van der Waals surface area contributed by atoms with E-state index in [1.807, 2.05) is 13.1 Å². The largest absolute Gasteiger partial charge is 0.356 e. The second kappa shape index (κ2) is 6.79. The second-order valence-electron chi connectivity index (χ2n) is 7.75. The van der Waals surface area contributed by atoms with Crippen LogP contribution in [0.4, 0.5) is 17.5 Å². The molecule has 2 fully saturated rings. The minimum absolute atomic E-state index is 0.475. The molecule has 1 aliphatic heterocycles. The third-order valence-corrected chi connectivity index (χ3v) is 5.68. The number of rotatable bonds is 4. The van der Waals surface area contributed by atoms with Gasteiger partial charge in [-0.15, -0.1) is 0 Å². The van der Waals surface area contributed by atoms with Crippen LogP contribution < -0.4 is 10.2 Å². The van der Waals surface area contributed by atoms with Gasteiger partial charge in [0.15, 0.2) is 5.65 Å². The highest BCUT2D eigenvalue weighted by Crippen LogP contribution is 2.33. The Balaban J connectivity index is 1.50. The summed E-state index contributed by atoms with van der Waals surface area (Å²) in [5, 5.41) is 11.8. The zero-order valence-corrected chi connectivity index (χ0v) is 15.7. The molecular formula is C20H25N7. The van der Waals surface area contributed by atoms with Crippen molar-refractivity contribution in [1.82, 2.24) is 25.1 Å². The van der Waals surface area contributed by atoms with Gasteiger partial charge in [-0.25, -0.2) is 15.0 Å². The van der Waals surface area contributed by atoms with Crippen molar-refractivity contribution in [3.8, 4) is 0 Å². The predicted octanol–water partition coefficient (Wildman–Crippen LogP) is 4.06. The molecule has 0 amide bonds. The normalized spacial score (nSPS) is 17.9. The van der Waals surface area contributed by atoms with Crippen molar-refractivity contribution in [1.29, 1.82) is 0 Å². The van der Waals surface area contributed by atoms with Crippen molar-refractivity contribution in [2.75, 3.05) is 23.3 Å². The highest BCUT2D eigenvalue weighted by atomic mass is 15.3. The third kappa shape index (κ3) is 3.22. The Morgan fingerprint density at radius 1 is 1.07 bits per heavy atom. The zero-order valence-electron chi connectivity index (χ0n) is 15.7. The summed E-state index contributed by atoms with van der Waals surface area (Å²) in [6.07, 6.45) is 9.35. The fourth-order valence-electron chi connectivity index (χ4n) is 3.99. The first kappa shape index (κ1) is 16.5. The Kier molecular flexibility index (Phi) is 4.14. The number of aryl methyl sites for hydroxylation is 1. The van der Waals surface area contributed by atoms with E-state index in [-0.39, 0.29) is 0 Å². The van der Waals surface area contributed by atoms with Gasteiger partial charge in [0.2, 0.25) is 0 Å². The van der Waals surface area contributed by atoms with Crippen molar-refractivity contribution < 1.29 is 0 Å². The van der Waals surface area contributed by atoms with E-state index in [0.717, 1.165) is 47.3 Å². The van der Waals surface area contributed by atoms with Gasteiger partial charge >= 0.3 is 0 Å². The summed E-state index contributed by atoms with van der Waals surface area (Å²) in [7, 11) is 0. The van der Waals surface area contributed by atoms with Crippen LogP contribution >= 0.6 is 0 Å². The van der Waals surface area contributed by atoms with Crippen LogP contribution in [0.15, 0.2) is 18.3 Å². The summed E-state index contributed by atoms with van der Waals surface area (Å²) in [4.78, 5) is 16.5. The van der Waals surface area contributed by atoms with Crippen LogP contribution in [-0.2, 0) is 0 Å². The maximum Gasteiger partial charge on any atom is 0.183 e. The molecule has 7 heteroatoms. The first-order valence-electron chi connectivity index (χ1n) is 9.98. The molecule has 0 unspecified atom stereocenters. The molecular weight excluding hydrogens is 338 g/mol. The molecule has 0 bridgehead atoms. The van der Waals surface area contributed by atoms with Gasteiger partial charge < -0.3 is 10.2 Å². The minimum atomic E-state index is 0.475. The van der Waals surface area contributed by atoms with E-state index in [0.29, 0.717) is 11.6 Å². The quantitative estimate of drug-likeness (QED) is 0.727. The highest BCUT2D eigenvalue weighted by Gasteiger charge is 2.23. The molecule has 1 saturated carbocycles. The highest BCUT2D eigenvalue weighted by molar-refractivity contribution is 5.89. The number of aromatic nitrogens is 5. The molecule has 27 heavy (non-hydrogen) atoms. The summed E-state index contributed by atoms with van der Waals surface area (Å²) in [6, 6.07) is 4.15. The minimum Gasteiger partial charge on any atom is -0.356 e. The average molecular weight is 363 g/mol. The summed E-state index contributed by atoms with van der Waals surface area (Å²) in [5.74, 6) is 4.17. The van der Waals surface area contributed by atoms with Crippen LogP contribution in [0.1, 0.15) is 55.8 Å². The van der Waals surface area contributed by atoms with E-state index in [2.05, 4.69) is 37.5 Å². The van der Waals surface area contributed by atoms with Crippen molar-refractivity contribution in [2.45, 2.75) is 51.4 Å². The van der Waals surface area contributed by atoms with Crippen molar-refractivity contribution in [2.24, 2.45) is 0 Å². The molecule has 3 aromatic heterocycles. The van der Waals surface area contributed by atoms with Gasteiger partial charge in [0.1, 0.15) is 23.3 Å². The van der Waals surface area contributed by atoms with Crippen LogP contribution in [0.3, 0.4) is 0 Å². The first-order chi connectivity index (χ1) is 13.3. The van der Waals surface area contributed by atoms with Crippen LogP contribution in [0, 0.1) is 6.92 Å². The smallest absolute Gasteiger partial charge is 0.183 e. The van der Waals surface area contributed by atoms with Crippen molar-refractivity contribution in [3.05, 3.63) is 29.7 Å². The van der Waals surface area contributed by atoms with Crippen LogP contribution in [0.25, 0.3) is 11.0 Å².